The molecule has 1 heterocycles. The number of rotatable bonds is 4. The summed E-state index contributed by atoms with van der Waals surface area (Å²) in [4.78, 5) is 25.4. The number of fused-ring (bicyclic) bond motifs is 1. The van der Waals surface area contributed by atoms with Crippen LogP contribution >= 0.6 is 11.6 Å². The lowest BCUT2D eigenvalue weighted by atomic mass is 9.97. The predicted molar refractivity (Wildman–Crippen MR) is 103 cm³/mol. The molecule has 0 saturated carbocycles. The van der Waals surface area contributed by atoms with Crippen LogP contribution in [0.2, 0.25) is 5.02 Å². The summed E-state index contributed by atoms with van der Waals surface area (Å²) in [5, 5.41) is 21.9. The Labute approximate surface area is 165 Å². The molecule has 0 radical (unpaired) electrons. The van der Waals surface area contributed by atoms with Gasteiger partial charge in [-0.2, -0.15) is 0 Å². The van der Waals surface area contributed by atoms with Crippen molar-refractivity contribution < 1.29 is 24.2 Å². The van der Waals surface area contributed by atoms with E-state index in [1.54, 1.807) is 32.0 Å². The quantitative estimate of drug-likeness (QED) is 0.582. The first-order valence-electron chi connectivity index (χ1n) is 8.48. The number of aromatic nitrogens is 1. The van der Waals surface area contributed by atoms with Crippen LogP contribution in [0.1, 0.15) is 34.5 Å². The van der Waals surface area contributed by atoms with Crippen LogP contribution in [0, 0.1) is 12.7 Å². The highest BCUT2D eigenvalue weighted by Gasteiger charge is 2.27. The predicted octanol–water partition coefficient (Wildman–Crippen LogP) is 3.31. The Morgan fingerprint density at radius 2 is 2.00 bits per heavy atom. The number of hydrogen-bond acceptors (Lipinski definition) is 4. The molecule has 0 saturated heterocycles. The molecule has 1 atom stereocenters. The Balaban J connectivity index is 2.28. The maximum absolute atomic E-state index is 14.1. The van der Waals surface area contributed by atoms with Crippen LogP contribution < -0.4 is 5.32 Å². The zero-order chi connectivity index (χ0) is 20.6. The molecule has 0 unspecified atom stereocenters. The first kappa shape index (κ1) is 19.9. The van der Waals surface area contributed by atoms with Gasteiger partial charge in [-0.3, -0.25) is 14.2 Å². The minimum Gasteiger partial charge on any atom is -0.505 e. The number of aliphatic hydroxyl groups is 1. The second kappa shape index (κ2) is 7.61. The number of halogens is 2. The Bertz CT molecular complexity index is 1090. The maximum atomic E-state index is 14.1. The van der Waals surface area contributed by atoms with Crippen LogP contribution in [0.4, 0.5) is 4.39 Å². The minimum absolute atomic E-state index is 0.219. The third kappa shape index (κ3) is 3.34. The lowest BCUT2D eigenvalue weighted by Crippen LogP contribution is -2.29. The van der Waals surface area contributed by atoms with Crippen LogP contribution in [0.15, 0.2) is 36.4 Å². The monoisotopic (exact) mass is 404 g/mol. The number of aromatic hydroxyl groups is 1. The second-order valence-electron chi connectivity index (χ2n) is 6.39. The normalized spacial score (nSPS) is 12.2. The average molecular weight is 405 g/mol. The zero-order valence-electron chi connectivity index (χ0n) is 15.2. The SMILES string of the molecule is Cc1c([C@H](C)C(=O)NCO)c2cc(O)c(F)cc2n1C(=O)c1cccc(Cl)c1. The molecule has 1 amide bonds. The number of benzene rings is 2. The molecule has 0 aliphatic heterocycles. The minimum atomic E-state index is -0.885. The number of carbonyl (C=O) groups excluding carboxylic acids is 2. The summed E-state index contributed by atoms with van der Waals surface area (Å²) in [6, 6.07) is 8.58. The number of amides is 1. The number of hydrogen-bond donors (Lipinski definition) is 3. The summed E-state index contributed by atoms with van der Waals surface area (Å²) >= 11 is 5.98. The van der Waals surface area contributed by atoms with Gasteiger partial charge in [-0.1, -0.05) is 17.7 Å². The summed E-state index contributed by atoms with van der Waals surface area (Å²) < 4.78 is 15.4. The van der Waals surface area contributed by atoms with Crippen LogP contribution in [-0.2, 0) is 4.79 Å². The molecule has 0 aliphatic rings. The lowest BCUT2D eigenvalue weighted by molar-refractivity contribution is -0.123. The molecule has 6 nitrogen and oxygen atoms in total. The van der Waals surface area contributed by atoms with Gasteiger partial charge in [0.15, 0.2) is 11.6 Å². The van der Waals surface area contributed by atoms with E-state index in [9.17, 15) is 19.1 Å². The molecule has 28 heavy (non-hydrogen) atoms. The molecule has 3 aromatic rings. The Morgan fingerprint density at radius 1 is 1.29 bits per heavy atom. The highest BCUT2D eigenvalue weighted by Crippen LogP contribution is 2.36. The summed E-state index contributed by atoms with van der Waals surface area (Å²) in [7, 11) is 0. The van der Waals surface area contributed by atoms with Crippen LogP contribution in [0.25, 0.3) is 10.9 Å². The van der Waals surface area contributed by atoms with Crippen molar-refractivity contribution in [3.05, 3.63) is 64.1 Å². The third-order valence-electron chi connectivity index (χ3n) is 4.68. The smallest absolute Gasteiger partial charge is 0.262 e. The van der Waals surface area contributed by atoms with Crippen molar-refractivity contribution in [2.45, 2.75) is 19.8 Å². The fraction of sp³-hybridized carbons (Fsp3) is 0.200. The fourth-order valence-electron chi connectivity index (χ4n) is 3.37. The third-order valence-corrected chi connectivity index (χ3v) is 4.91. The highest BCUT2D eigenvalue weighted by atomic mass is 35.5. The van der Waals surface area contributed by atoms with Crippen LogP contribution in [-0.4, -0.2) is 33.3 Å². The van der Waals surface area contributed by atoms with E-state index in [0.29, 0.717) is 27.2 Å². The van der Waals surface area contributed by atoms with Crippen molar-refractivity contribution >= 4 is 34.3 Å². The van der Waals surface area contributed by atoms with Crippen LogP contribution in [0.3, 0.4) is 0 Å². The number of phenols is 1. The first-order chi connectivity index (χ1) is 13.3. The van der Waals surface area contributed by atoms with E-state index in [-0.39, 0.29) is 5.52 Å². The molecule has 1 aromatic heterocycles. The molecular formula is C20H18ClFN2O4. The van der Waals surface area contributed by atoms with Gasteiger partial charge in [-0.05, 0) is 43.7 Å². The van der Waals surface area contributed by atoms with Crippen molar-refractivity contribution in [3.63, 3.8) is 0 Å². The Morgan fingerprint density at radius 3 is 2.64 bits per heavy atom. The summed E-state index contributed by atoms with van der Waals surface area (Å²) in [5.74, 6) is -3.15. The molecule has 3 N–H and O–H groups in total. The number of carbonyl (C=O) groups is 2. The summed E-state index contributed by atoms with van der Waals surface area (Å²) in [6.45, 7) is 2.69. The van der Waals surface area contributed by atoms with Crippen molar-refractivity contribution in [3.8, 4) is 5.75 Å². The van der Waals surface area contributed by atoms with Crippen molar-refractivity contribution in [2.24, 2.45) is 0 Å². The van der Waals surface area contributed by atoms with Crippen LogP contribution in [0.5, 0.6) is 5.75 Å². The van der Waals surface area contributed by atoms with Gasteiger partial charge >= 0.3 is 0 Å². The number of phenolic OH excluding ortho intramolecular Hbond substituents is 1. The molecule has 3 rings (SSSR count). The largest absolute Gasteiger partial charge is 0.505 e. The van der Waals surface area contributed by atoms with E-state index in [0.717, 1.165) is 6.07 Å². The molecular weight excluding hydrogens is 387 g/mol. The Kier molecular flexibility index (Phi) is 5.40. The van der Waals surface area contributed by atoms with E-state index >= 15 is 0 Å². The fourth-order valence-corrected chi connectivity index (χ4v) is 3.56. The van der Waals surface area contributed by atoms with Gasteiger partial charge in [-0.15, -0.1) is 0 Å². The topological polar surface area (TPSA) is 91.6 Å². The number of nitrogens with one attached hydrogen (secondary N) is 1. The maximum Gasteiger partial charge on any atom is 0.262 e. The molecule has 8 heteroatoms. The molecule has 0 bridgehead atoms. The molecule has 2 aromatic carbocycles. The summed E-state index contributed by atoms with van der Waals surface area (Å²) in [6.07, 6.45) is 0. The second-order valence-corrected chi connectivity index (χ2v) is 6.83. The van der Waals surface area contributed by atoms with Gasteiger partial charge in [0, 0.05) is 27.7 Å². The van der Waals surface area contributed by atoms with Crippen molar-refractivity contribution in [1.82, 2.24) is 9.88 Å². The highest BCUT2D eigenvalue weighted by molar-refractivity contribution is 6.31. The van der Waals surface area contributed by atoms with E-state index in [2.05, 4.69) is 5.32 Å². The molecule has 146 valence electrons. The van der Waals surface area contributed by atoms with E-state index in [1.165, 1.54) is 16.7 Å². The molecule has 0 aliphatic carbocycles. The van der Waals surface area contributed by atoms with Crippen molar-refractivity contribution in [2.75, 3.05) is 6.73 Å². The number of aliphatic hydroxyl groups excluding tert-OH is 1. The van der Waals surface area contributed by atoms with Gasteiger partial charge in [0.05, 0.1) is 11.4 Å². The van der Waals surface area contributed by atoms with E-state index in [4.69, 9.17) is 16.7 Å². The first-order valence-corrected chi connectivity index (χ1v) is 8.86. The van der Waals surface area contributed by atoms with Crippen molar-refractivity contribution in [1.29, 1.82) is 0 Å². The van der Waals surface area contributed by atoms with Gasteiger partial charge in [-0.25, -0.2) is 4.39 Å². The van der Waals surface area contributed by atoms with Gasteiger partial charge in [0.2, 0.25) is 5.91 Å². The van der Waals surface area contributed by atoms with E-state index in [1.807, 2.05) is 0 Å². The van der Waals surface area contributed by atoms with Gasteiger partial charge in [0.25, 0.3) is 5.91 Å². The molecule has 0 fully saturated rings. The van der Waals surface area contributed by atoms with E-state index < -0.39 is 36.0 Å². The van der Waals surface area contributed by atoms with Gasteiger partial charge in [0.1, 0.15) is 6.73 Å². The lowest BCUT2D eigenvalue weighted by Gasteiger charge is -2.12. The average Bonchev–Trinajstić information content (AvgIpc) is 2.92. The number of nitrogens with zero attached hydrogens (tertiary/aromatic N) is 1. The summed E-state index contributed by atoms with van der Waals surface area (Å²) in [5.41, 5.74) is 1.38. The standard InChI is InChI=1S/C20H18ClFN2O4/c1-10(19(27)23-9-25)18-11(2)24(16-8-15(22)17(26)7-14(16)18)20(28)12-4-3-5-13(21)6-12/h3-8,10,25-26H,9H2,1-2H3,(H,23,27)/t10-/m0/s1. The van der Waals surface area contributed by atoms with Gasteiger partial charge < -0.3 is 15.5 Å². The molecule has 0 spiro atoms. The Hall–Kier alpha value is -2.90. The zero-order valence-corrected chi connectivity index (χ0v) is 15.9.